The van der Waals surface area contributed by atoms with Gasteiger partial charge in [-0.25, -0.2) is 0 Å². The zero-order valence-electron chi connectivity index (χ0n) is 14.6. The van der Waals surface area contributed by atoms with Crippen LogP contribution in [0.3, 0.4) is 0 Å². The van der Waals surface area contributed by atoms with Gasteiger partial charge in [0.15, 0.2) is 0 Å². The van der Waals surface area contributed by atoms with E-state index in [2.05, 4.69) is 19.9 Å². The summed E-state index contributed by atoms with van der Waals surface area (Å²) in [5.41, 5.74) is 1.56. The summed E-state index contributed by atoms with van der Waals surface area (Å²) in [7, 11) is 0. The van der Waals surface area contributed by atoms with Gasteiger partial charge in [-0.05, 0) is 78.7 Å². The summed E-state index contributed by atoms with van der Waals surface area (Å²) >= 11 is 0. The Bertz CT molecular complexity index is 497. The van der Waals surface area contributed by atoms with E-state index in [1.54, 1.807) is 6.26 Å². The topological polar surface area (TPSA) is 53.6 Å². The Morgan fingerprint density at radius 2 is 2.04 bits per heavy atom. The molecule has 3 heteroatoms. The number of fused-ring (bicyclic) bond motifs is 1. The van der Waals surface area contributed by atoms with Gasteiger partial charge in [0.05, 0.1) is 12.5 Å². The molecule has 1 aromatic rings. The molecule has 2 aliphatic carbocycles. The maximum absolute atomic E-state index is 10.0. The molecule has 5 unspecified atom stereocenters. The summed E-state index contributed by atoms with van der Waals surface area (Å²) in [5.74, 6) is 1.52. The van der Waals surface area contributed by atoms with Gasteiger partial charge in [-0.2, -0.15) is 0 Å². The highest BCUT2D eigenvalue weighted by atomic mass is 16.3. The minimum atomic E-state index is 0.0569. The average Bonchev–Trinajstić information content (AvgIpc) is 3.06. The van der Waals surface area contributed by atoms with Crippen molar-refractivity contribution in [2.75, 3.05) is 13.2 Å². The molecule has 0 aromatic carbocycles. The van der Waals surface area contributed by atoms with E-state index < -0.39 is 0 Å². The highest BCUT2D eigenvalue weighted by molar-refractivity contribution is 5.08. The first-order valence-electron chi connectivity index (χ1n) is 9.26. The molecule has 0 radical (unpaired) electrons. The zero-order chi connectivity index (χ0) is 16.5. The Morgan fingerprint density at radius 3 is 2.70 bits per heavy atom. The fraction of sp³-hybridized carbons (Fsp3) is 0.800. The first-order chi connectivity index (χ1) is 11.0. The third kappa shape index (κ3) is 2.98. The number of hydrogen-bond acceptors (Lipinski definition) is 3. The van der Waals surface area contributed by atoms with Crippen LogP contribution in [0.1, 0.15) is 57.9 Å². The molecular formula is C20H32O3. The molecule has 5 atom stereocenters. The van der Waals surface area contributed by atoms with Gasteiger partial charge in [0, 0.05) is 13.2 Å². The van der Waals surface area contributed by atoms with Crippen molar-refractivity contribution >= 4 is 0 Å². The minimum Gasteiger partial charge on any atom is -0.472 e. The van der Waals surface area contributed by atoms with E-state index in [0.29, 0.717) is 31.0 Å². The molecule has 0 bridgehead atoms. The molecule has 0 amide bonds. The molecule has 2 N–H and O–H groups in total. The number of rotatable bonds is 5. The van der Waals surface area contributed by atoms with E-state index in [1.165, 1.54) is 18.4 Å². The van der Waals surface area contributed by atoms with E-state index in [4.69, 9.17) is 4.42 Å². The van der Waals surface area contributed by atoms with Gasteiger partial charge in [-0.15, -0.1) is 0 Å². The van der Waals surface area contributed by atoms with Crippen molar-refractivity contribution in [1.29, 1.82) is 0 Å². The Balaban J connectivity index is 1.83. The monoisotopic (exact) mass is 320 g/mol. The second-order valence-electron chi connectivity index (χ2n) is 8.52. The molecule has 3 nitrogen and oxygen atoms in total. The van der Waals surface area contributed by atoms with E-state index >= 15 is 0 Å². The summed E-state index contributed by atoms with van der Waals surface area (Å²) in [5, 5.41) is 20.0. The van der Waals surface area contributed by atoms with Gasteiger partial charge < -0.3 is 14.6 Å². The smallest absolute Gasteiger partial charge is 0.0934 e. The van der Waals surface area contributed by atoms with Crippen molar-refractivity contribution in [3.8, 4) is 0 Å². The fourth-order valence-corrected chi connectivity index (χ4v) is 5.99. The maximum atomic E-state index is 10.0. The van der Waals surface area contributed by atoms with E-state index in [1.807, 2.05) is 6.26 Å². The van der Waals surface area contributed by atoms with Crippen LogP contribution in [0.5, 0.6) is 0 Å². The second-order valence-corrected chi connectivity index (χ2v) is 8.52. The maximum Gasteiger partial charge on any atom is 0.0934 e. The van der Waals surface area contributed by atoms with Gasteiger partial charge in [0.1, 0.15) is 0 Å². The van der Waals surface area contributed by atoms with Crippen molar-refractivity contribution in [2.45, 2.75) is 58.8 Å². The molecule has 0 aliphatic heterocycles. The molecule has 23 heavy (non-hydrogen) atoms. The van der Waals surface area contributed by atoms with Crippen LogP contribution in [0.25, 0.3) is 0 Å². The van der Waals surface area contributed by atoms with Crippen LogP contribution in [0.4, 0.5) is 0 Å². The average molecular weight is 320 g/mol. The van der Waals surface area contributed by atoms with Crippen LogP contribution in [0.15, 0.2) is 23.0 Å². The molecule has 0 saturated heterocycles. The molecule has 2 saturated carbocycles. The number of aryl methyl sites for hydroxylation is 1. The summed E-state index contributed by atoms with van der Waals surface area (Å²) < 4.78 is 5.21. The fourth-order valence-electron chi connectivity index (χ4n) is 5.99. The Labute approximate surface area is 140 Å². The highest BCUT2D eigenvalue weighted by Gasteiger charge is 2.55. The third-order valence-corrected chi connectivity index (χ3v) is 7.26. The van der Waals surface area contributed by atoms with Crippen LogP contribution < -0.4 is 0 Å². The lowest BCUT2D eigenvalue weighted by molar-refractivity contribution is -0.128. The standard InChI is InChI=1S/C20H32O3/c1-19(14-22)9-3-10-20(2)17(6-4-15-8-11-23-13-15)16(12-21)5-7-18(19)20/h8,11,13,16-18,21-22H,3-7,9-10,12,14H2,1-2H3. The quantitative estimate of drug-likeness (QED) is 0.861. The van der Waals surface area contributed by atoms with Crippen LogP contribution in [0.2, 0.25) is 0 Å². The van der Waals surface area contributed by atoms with Crippen LogP contribution in [-0.4, -0.2) is 23.4 Å². The van der Waals surface area contributed by atoms with Gasteiger partial charge in [-0.1, -0.05) is 20.3 Å². The second kappa shape index (κ2) is 6.60. The summed E-state index contributed by atoms with van der Waals surface area (Å²) in [6, 6.07) is 2.05. The molecule has 0 spiro atoms. The zero-order valence-corrected chi connectivity index (χ0v) is 14.6. The molecule has 2 aliphatic rings. The Kier molecular flexibility index (Phi) is 4.89. The Hall–Kier alpha value is -0.800. The normalized spacial score (nSPS) is 40.8. The minimum absolute atomic E-state index is 0.0569. The first-order valence-corrected chi connectivity index (χ1v) is 9.26. The lowest BCUT2D eigenvalue weighted by Gasteiger charge is -2.60. The lowest BCUT2D eigenvalue weighted by Crippen LogP contribution is -2.54. The van der Waals surface area contributed by atoms with Gasteiger partial charge in [0.2, 0.25) is 0 Å². The number of aliphatic hydroxyl groups is 2. The van der Waals surface area contributed by atoms with Crippen molar-refractivity contribution in [2.24, 2.45) is 28.6 Å². The SMILES string of the molecule is CC1(CO)CCCC2(C)C(CCc3ccoc3)C(CO)CCC12. The van der Waals surface area contributed by atoms with Gasteiger partial charge >= 0.3 is 0 Å². The van der Waals surface area contributed by atoms with Crippen LogP contribution in [0, 0.1) is 28.6 Å². The van der Waals surface area contributed by atoms with Crippen molar-refractivity contribution < 1.29 is 14.6 Å². The van der Waals surface area contributed by atoms with E-state index in [9.17, 15) is 10.2 Å². The molecule has 130 valence electrons. The number of hydrogen-bond donors (Lipinski definition) is 2. The van der Waals surface area contributed by atoms with Crippen molar-refractivity contribution in [3.63, 3.8) is 0 Å². The summed E-state index contributed by atoms with van der Waals surface area (Å²) in [4.78, 5) is 0. The predicted octanol–water partition coefficient (Wildman–Crippen LogP) is 4.04. The van der Waals surface area contributed by atoms with E-state index in [-0.39, 0.29) is 10.8 Å². The van der Waals surface area contributed by atoms with Gasteiger partial charge in [-0.3, -0.25) is 0 Å². The largest absolute Gasteiger partial charge is 0.472 e. The molecule has 1 aromatic heterocycles. The van der Waals surface area contributed by atoms with Crippen LogP contribution in [-0.2, 0) is 6.42 Å². The third-order valence-electron chi connectivity index (χ3n) is 7.26. The predicted molar refractivity (Wildman–Crippen MR) is 91.0 cm³/mol. The molecular weight excluding hydrogens is 288 g/mol. The van der Waals surface area contributed by atoms with Crippen molar-refractivity contribution in [1.82, 2.24) is 0 Å². The van der Waals surface area contributed by atoms with E-state index in [0.717, 1.165) is 32.1 Å². The number of furan rings is 1. The van der Waals surface area contributed by atoms with Crippen molar-refractivity contribution in [3.05, 3.63) is 24.2 Å². The first kappa shape index (κ1) is 17.0. The lowest BCUT2D eigenvalue weighted by atomic mass is 9.45. The summed E-state index contributed by atoms with van der Waals surface area (Å²) in [6.45, 7) is 5.31. The molecule has 3 rings (SSSR count). The molecule has 1 heterocycles. The van der Waals surface area contributed by atoms with Crippen LogP contribution >= 0.6 is 0 Å². The number of aliphatic hydroxyl groups excluding tert-OH is 2. The van der Waals surface area contributed by atoms with Gasteiger partial charge in [0.25, 0.3) is 0 Å². The highest BCUT2D eigenvalue weighted by Crippen LogP contribution is 2.61. The Morgan fingerprint density at radius 1 is 1.22 bits per heavy atom. The summed E-state index contributed by atoms with van der Waals surface area (Å²) in [6.07, 6.45) is 11.5. The molecule has 2 fully saturated rings.